The molecule has 0 saturated heterocycles. The van der Waals surface area contributed by atoms with Gasteiger partial charge in [-0.15, -0.1) is 0 Å². The number of methoxy groups -OCH3 is 1. The van der Waals surface area contributed by atoms with Crippen LogP contribution >= 0.6 is 0 Å². The first-order chi connectivity index (χ1) is 8.90. The third-order valence-corrected chi connectivity index (χ3v) is 4.03. The first-order valence-electron chi connectivity index (χ1n) is 5.74. The van der Waals surface area contributed by atoms with Crippen molar-refractivity contribution < 1.29 is 17.9 Å². The molecule has 0 aromatic heterocycles. The Kier molecular flexibility index (Phi) is 5.46. The Morgan fingerprint density at radius 1 is 1.32 bits per heavy atom. The monoisotopic (exact) mass is 286 g/mol. The third-order valence-electron chi connectivity index (χ3n) is 2.43. The Morgan fingerprint density at radius 2 is 1.89 bits per heavy atom. The molecule has 6 nitrogen and oxygen atoms in total. The number of carbonyl (C=O) groups excluding carboxylic acids is 1. The van der Waals surface area contributed by atoms with E-state index in [0.29, 0.717) is 5.56 Å². The van der Waals surface area contributed by atoms with Crippen LogP contribution in [0.3, 0.4) is 0 Å². The molecule has 0 aliphatic carbocycles. The number of carbonyl (C=O) groups is 1. The van der Waals surface area contributed by atoms with Crippen molar-refractivity contribution in [3.8, 4) is 0 Å². The number of hydrogen-bond donors (Lipinski definition) is 2. The van der Waals surface area contributed by atoms with Gasteiger partial charge in [-0.05, 0) is 31.2 Å². The zero-order valence-electron chi connectivity index (χ0n) is 11.1. The lowest BCUT2D eigenvalue weighted by molar-refractivity contribution is 0.0963. The Bertz CT molecular complexity index is 525. The van der Waals surface area contributed by atoms with Crippen molar-refractivity contribution in [3.63, 3.8) is 0 Å². The van der Waals surface area contributed by atoms with E-state index in [1.165, 1.54) is 38.4 Å². The number of amides is 1. The molecule has 0 spiro atoms. The Morgan fingerprint density at radius 3 is 2.37 bits per heavy atom. The summed E-state index contributed by atoms with van der Waals surface area (Å²) in [7, 11) is -0.575. The molecule has 2 N–H and O–H groups in total. The summed E-state index contributed by atoms with van der Waals surface area (Å²) in [6.45, 7) is 2.00. The fourth-order valence-corrected chi connectivity index (χ4v) is 2.77. The van der Waals surface area contributed by atoms with Gasteiger partial charge in [-0.3, -0.25) is 4.79 Å². The Labute approximate surface area is 113 Å². The van der Waals surface area contributed by atoms with Gasteiger partial charge in [-0.2, -0.15) is 0 Å². The van der Waals surface area contributed by atoms with Gasteiger partial charge in [0.2, 0.25) is 10.0 Å². The lowest BCUT2D eigenvalue weighted by Crippen LogP contribution is -2.35. The molecule has 0 heterocycles. The van der Waals surface area contributed by atoms with Crippen LogP contribution in [0.5, 0.6) is 0 Å². The molecule has 0 radical (unpaired) electrons. The van der Waals surface area contributed by atoms with E-state index in [1.54, 1.807) is 6.92 Å². The van der Waals surface area contributed by atoms with Crippen LogP contribution in [0.25, 0.3) is 0 Å². The van der Waals surface area contributed by atoms with Crippen LogP contribution in [0.4, 0.5) is 0 Å². The van der Waals surface area contributed by atoms with E-state index >= 15 is 0 Å². The minimum atomic E-state index is -3.59. The second kappa shape index (κ2) is 6.65. The molecular formula is C12H18N2O4S. The zero-order valence-corrected chi connectivity index (χ0v) is 12.0. The summed E-state index contributed by atoms with van der Waals surface area (Å²) < 4.78 is 31.4. The smallest absolute Gasteiger partial charge is 0.251 e. The van der Waals surface area contributed by atoms with Crippen molar-refractivity contribution in [2.75, 3.05) is 20.8 Å². The average Bonchev–Trinajstić information content (AvgIpc) is 2.37. The number of hydrogen-bond acceptors (Lipinski definition) is 4. The molecule has 1 atom stereocenters. The number of nitrogens with one attached hydrogen (secondary N) is 2. The summed E-state index contributed by atoms with van der Waals surface area (Å²) in [6.07, 6.45) is 0. The molecule has 0 aliphatic rings. The third kappa shape index (κ3) is 4.30. The van der Waals surface area contributed by atoms with Crippen LogP contribution in [0.15, 0.2) is 29.2 Å². The molecule has 0 bridgehead atoms. The van der Waals surface area contributed by atoms with E-state index < -0.39 is 10.0 Å². The minimum absolute atomic E-state index is 0.114. The minimum Gasteiger partial charge on any atom is -0.383 e. The SMILES string of the molecule is CNC(=O)c1ccc(S(=O)(=O)NC(C)COC)cc1. The highest BCUT2D eigenvalue weighted by molar-refractivity contribution is 7.89. The fourth-order valence-electron chi connectivity index (χ4n) is 1.55. The molecule has 1 aromatic rings. The van der Waals surface area contributed by atoms with Crippen LogP contribution in [-0.4, -0.2) is 41.1 Å². The summed E-state index contributed by atoms with van der Waals surface area (Å²) in [5.41, 5.74) is 0.409. The molecule has 106 valence electrons. The van der Waals surface area contributed by atoms with E-state index in [-0.39, 0.29) is 23.5 Å². The number of sulfonamides is 1. The number of ether oxygens (including phenoxy) is 1. The van der Waals surface area contributed by atoms with Crippen molar-refractivity contribution in [2.24, 2.45) is 0 Å². The Balaban J connectivity index is 2.88. The summed E-state index contributed by atoms with van der Waals surface area (Å²) in [5, 5.41) is 2.47. The maximum Gasteiger partial charge on any atom is 0.251 e. The molecule has 19 heavy (non-hydrogen) atoms. The standard InChI is InChI=1S/C12H18N2O4S/c1-9(8-18-3)14-19(16,17)11-6-4-10(5-7-11)12(15)13-2/h4-7,9,14H,8H2,1-3H3,(H,13,15). The largest absolute Gasteiger partial charge is 0.383 e. The second-order valence-electron chi connectivity index (χ2n) is 4.08. The van der Waals surface area contributed by atoms with Gasteiger partial charge in [-0.1, -0.05) is 0 Å². The van der Waals surface area contributed by atoms with Crippen molar-refractivity contribution in [2.45, 2.75) is 17.9 Å². The lowest BCUT2D eigenvalue weighted by Gasteiger charge is -2.13. The van der Waals surface area contributed by atoms with Crippen LogP contribution in [0, 0.1) is 0 Å². The van der Waals surface area contributed by atoms with Crippen molar-refractivity contribution in [3.05, 3.63) is 29.8 Å². The summed E-state index contributed by atoms with van der Waals surface area (Å²) in [6, 6.07) is 5.40. The zero-order chi connectivity index (χ0) is 14.5. The van der Waals surface area contributed by atoms with Gasteiger partial charge in [-0.25, -0.2) is 13.1 Å². The van der Waals surface area contributed by atoms with Crippen LogP contribution in [-0.2, 0) is 14.8 Å². The normalized spacial score (nSPS) is 13.0. The van der Waals surface area contributed by atoms with E-state index in [0.717, 1.165) is 0 Å². The molecule has 0 saturated carbocycles. The first kappa shape index (κ1) is 15.6. The van der Waals surface area contributed by atoms with Gasteiger partial charge in [0.15, 0.2) is 0 Å². The van der Waals surface area contributed by atoms with Crippen molar-refractivity contribution in [1.82, 2.24) is 10.0 Å². The van der Waals surface area contributed by atoms with Gasteiger partial charge in [0, 0.05) is 25.8 Å². The molecule has 1 unspecified atom stereocenters. The molecule has 0 aliphatic heterocycles. The maximum absolute atomic E-state index is 12.0. The first-order valence-corrected chi connectivity index (χ1v) is 7.22. The topological polar surface area (TPSA) is 84.5 Å². The van der Waals surface area contributed by atoms with E-state index in [9.17, 15) is 13.2 Å². The van der Waals surface area contributed by atoms with Crippen LogP contribution in [0.2, 0.25) is 0 Å². The highest BCUT2D eigenvalue weighted by atomic mass is 32.2. The van der Waals surface area contributed by atoms with Gasteiger partial charge in [0.25, 0.3) is 5.91 Å². The summed E-state index contributed by atoms with van der Waals surface area (Å²) in [4.78, 5) is 11.5. The molecule has 1 amide bonds. The molecular weight excluding hydrogens is 268 g/mol. The average molecular weight is 286 g/mol. The fraction of sp³-hybridized carbons (Fsp3) is 0.417. The molecule has 0 fully saturated rings. The maximum atomic E-state index is 12.0. The van der Waals surface area contributed by atoms with E-state index in [1.807, 2.05) is 0 Å². The summed E-state index contributed by atoms with van der Waals surface area (Å²) in [5.74, 6) is -0.260. The van der Waals surface area contributed by atoms with Crippen LogP contribution < -0.4 is 10.0 Å². The molecule has 1 rings (SSSR count). The van der Waals surface area contributed by atoms with E-state index in [2.05, 4.69) is 10.0 Å². The number of benzene rings is 1. The highest BCUT2D eigenvalue weighted by Crippen LogP contribution is 2.11. The second-order valence-corrected chi connectivity index (χ2v) is 5.80. The van der Waals surface area contributed by atoms with Gasteiger partial charge in [0.05, 0.1) is 11.5 Å². The molecule has 1 aromatic carbocycles. The summed E-state index contributed by atoms with van der Waals surface area (Å²) >= 11 is 0. The van der Waals surface area contributed by atoms with Gasteiger partial charge in [0.1, 0.15) is 0 Å². The Hall–Kier alpha value is -1.44. The lowest BCUT2D eigenvalue weighted by atomic mass is 10.2. The predicted octanol–water partition coefficient (Wildman–Crippen LogP) is 0.359. The van der Waals surface area contributed by atoms with Gasteiger partial charge >= 0.3 is 0 Å². The van der Waals surface area contributed by atoms with E-state index in [4.69, 9.17) is 4.74 Å². The van der Waals surface area contributed by atoms with Gasteiger partial charge < -0.3 is 10.1 Å². The predicted molar refractivity (Wildman–Crippen MR) is 71.5 cm³/mol. The van der Waals surface area contributed by atoms with Crippen molar-refractivity contribution >= 4 is 15.9 Å². The number of rotatable bonds is 6. The quantitative estimate of drug-likeness (QED) is 0.791. The van der Waals surface area contributed by atoms with Crippen molar-refractivity contribution in [1.29, 1.82) is 0 Å². The highest BCUT2D eigenvalue weighted by Gasteiger charge is 2.17. The van der Waals surface area contributed by atoms with Crippen LogP contribution in [0.1, 0.15) is 17.3 Å². The molecule has 7 heteroatoms.